The first-order chi connectivity index (χ1) is 19.7. The Bertz CT molecular complexity index is 1340. The second-order valence-electron chi connectivity index (χ2n) is 11.1. The lowest BCUT2D eigenvalue weighted by molar-refractivity contribution is 0.102. The van der Waals surface area contributed by atoms with E-state index in [1.807, 2.05) is 42.6 Å². The lowest BCUT2D eigenvalue weighted by Gasteiger charge is -2.28. The molecule has 1 amide bonds. The van der Waals surface area contributed by atoms with Crippen LogP contribution in [-0.2, 0) is 17.6 Å². The van der Waals surface area contributed by atoms with Gasteiger partial charge in [-0.05, 0) is 85.7 Å². The highest BCUT2D eigenvalue weighted by atomic mass is 16.5. The topological polar surface area (TPSA) is 78.8 Å². The van der Waals surface area contributed by atoms with Crippen molar-refractivity contribution in [3.8, 4) is 0 Å². The van der Waals surface area contributed by atoms with E-state index < -0.39 is 0 Å². The molecule has 2 aromatic carbocycles. The van der Waals surface area contributed by atoms with E-state index in [1.165, 1.54) is 48.8 Å². The van der Waals surface area contributed by atoms with Gasteiger partial charge in [0.2, 0.25) is 0 Å². The Morgan fingerprint density at radius 3 is 2.62 bits per heavy atom. The van der Waals surface area contributed by atoms with Crippen LogP contribution in [0.15, 0.2) is 65.8 Å². The number of ether oxygens (including phenoxy) is 1. The number of nitrogens with zero attached hydrogens (tertiary/aromatic N) is 3. The minimum absolute atomic E-state index is 0.0965. The monoisotopic (exact) mass is 537 g/mol. The van der Waals surface area contributed by atoms with Crippen molar-refractivity contribution >= 4 is 28.8 Å². The second kappa shape index (κ2) is 12.6. The summed E-state index contributed by atoms with van der Waals surface area (Å²) >= 11 is 0. The SMILES string of the molecule is O=C(Nc1cccc(CCC2=NCCc3ccnc(NC4CCCCC4)c32)c1)c1ccc(N2CCOCC2)cc1. The van der Waals surface area contributed by atoms with Gasteiger partial charge in [-0.3, -0.25) is 9.79 Å². The number of nitrogens with one attached hydrogen (secondary N) is 2. The summed E-state index contributed by atoms with van der Waals surface area (Å²) in [5.74, 6) is 0.907. The Morgan fingerprint density at radius 2 is 1.80 bits per heavy atom. The fourth-order valence-electron chi connectivity index (χ4n) is 6.09. The molecule has 1 aromatic heterocycles. The molecule has 2 aliphatic heterocycles. The molecule has 0 spiro atoms. The molecule has 208 valence electrons. The molecule has 0 unspecified atom stereocenters. The molecule has 3 aromatic rings. The number of hydrogen-bond acceptors (Lipinski definition) is 6. The van der Waals surface area contributed by atoms with Gasteiger partial charge in [0.15, 0.2) is 0 Å². The third kappa shape index (κ3) is 6.36. The Morgan fingerprint density at radius 1 is 0.975 bits per heavy atom. The standard InChI is InChI=1S/C33H39N5O2/c39-33(26-10-12-29(13-11-26)38-19-21-40-22-20-38)37-28-8-4-5-24(23-28)9-14-30-31-25(15-17-34-30)16-18-35-32(31)36-27-6-2-1-3-7-27/h4-5,8,10-13,16,18,23,27H,1-3,6-7,9,14-15,17,19-22H2,(H,35,36)(H,37,39). The molecule has 0 atom stereocenters. The molecule has 7 heteroatoms. The van der Waals surface area contributed by atoms with Gasteiger partial charge in [-0.2, -0.15) is 0 Å². The molecule has 1 saturated heterocycles. The maximum absolute atomic E-state index is 13.0. The van der Waals surface area contributed by atoms with E-state index >= 15 is 0 Å². The van der Waals surface area contributed by atoms with Crippen LogP contribution in [0.1, 0.15) is 65.6 Å². The van der Waals surface area contributed by atoms with Crippen molar-refractivity contribution in [3.05, 3.63) is 83.0 Å². The average Bonchev–Trinajstić information content (AvgIpc) is 3.01. The fraction of sp³-hybridized carbons (Fsp3) is 0.424. The smallest absolute Gasteiger partial charge is 0.255 e. The predicted octanol–water partition coefficient (Wildman–Crippen LogP) is 5.89. The number of pyridine rings is 1. The van der Waals surface area contributed by atoms with E-state index in [4.69, 9.17) is 14.7 Å². The van der Waals surface area contributed by atoms with E-state index in [0.29, 0.717) is 11.6 Å². The first-order valence-electron chi connectivity index (χ1n) is 14.8. The van der Waals surface area contributed by atoms with Gasteiger partial charge in [0.1, 0.15) is 5.82 Å². The summed E-state index contributed by atoms with van der Waals surface area (Å²) in [5, 5.41) is 6.84. The Hall–Kier alpha value is -3.71. The van der Waals surface area contributed by atoms with Crippen LogP contribution in [0, 0.1) is 0 Å². The quantitative estimate of drug-likeness (QED) is 0.374. The molecule has 1 aliphatic carbocycles. The van der Waals surface area contributed by atoms with Gasteiger partial charge in [-0.1, -0.05) is 31.4 Å². The zero-order valence-electron chi connectivity index (χ0n) is 23.2. The van der Waals surface area contributed by atoms with E-state index in [-0.39, 0.29) is 5.91 Å². The Kier molecular flexibility index (Phi) is 8.38. The van der Waals surface area contributed by atoms with Gasteiger partial charge in [-0.25, -0.2) is 4.98 Å². The van der Waals surface area contributed by atoms with E-state index in [0.717, 1.165) is 75.0 Å². The molecule has 6 rings (SSSR count). The molecular formula is C33H39N5O2. The summed E-state index contributed by atoms with van der Waals surface area (Å²) in [6, 6.07) is 18.7. The van der Waals surface area contributed by atoms with Gasteiger partial charge >= 0.3 is 0 Å². The lowest BCUT2D eigenvalue weighted by Crippen LogP contribution is -2.36. The number of morpholine rings is 1. The fourth-order valence-corrected chi connectivity index (χ4v) is 6.09. The van der Waals surface area contributed by atoms with Crippen molar-refractivity contribution in [2.24, 2.45) is 4.99 Å². The van der Waals surface area contributed by atoms with Gasteiger partial charge in [0, 0.05) is 60.1 Å². The highest BCUT2D eigenvalue weighted by Crippen LogP contribution is 2.28. The maximum atomic E-state index is 13.0. The van der Waals surface area contributed by atoms with Crippen molar-refractivity contribution in [3.63, 3.8) is 0 Å². The number of benzene rings is 2. The summed E-state index contributed by atoms with van der Waals surface area (Å²) in [6.07, 6.45) is 11.0. The van der Waals surface area contributed by atoms with Crippen LogP contribution in [0.25, 0.3) is 0 Å². The van der Waals surface area contributed by atoms with Gasteiger partial charge in [-0.15, -0.1) is 0 Å². The molecule has 2 fully saturated rings. The molecule has 40 heavy (non-hydrogen) atoms. The summed E-state index contributed by atoms with van der Waals surface area (Å²) in [7, 11) is 0. The third-order valence-corrected chi connectivity index (χ3v) is 8.30. The number of aliphatic imine (C=N–C) groups is 1. The van der Waals surface area contributed by atoms with E-state index in [2.05, 4.69) is 33.7 Å². The number of anilines is 3. The summed E-state index contributed by atoms with van der Waals surface area (Å²) in [6.45, 7) is 4.08. The molecule has 1 saturated carbocycles. The van der Waals surface area contributed by atoms with Crippen LogP contribution in [0.4, 0.5) is 17.2 Å². The van der Waals surface area contributed by atoms with E-state index in [9.17, 15) is 4.79 Å². The van der Waals surface area contributed by atoms with Gasteiger partial charge < -0.3 is 20.3 Å². The second-order valence-corrected chi connectivity index (χ2v) is 11.1. The van der Waals surface area contributed by atoms with E-state index in [1.54, 1.807) is 0 Å². The zero-order valence-corrected chi connectivity index (χ0v) is 23.2. The van der Waals surface area contributed by atoms with Crippen molar-refractivity contribution in [1.29, 1.82) is 0 Å². The summed E-state index contributed by atoms with van der Waals surface area (Å²) in [4.78, 5) is 25.0. The van der Waals surface area contributed by atoms with Crippen LogP contribution >= 0.6 is 0 Å². The maximum Gasteiger partial charge on any atom is 0.255 e. The van der Waals surface area contributed by atoms with Crippen LogP contribution in [0.2, 0.25) is 0 Å². The number of amides is 1. The minimum atomic E-state index is -0.0965. The summed E-state index contributed by atoms with van der Waals surface area (Å²) in [5.41, 5.74) is 7.47. The number of hydrogen-bond donors (Lipinski definition) is 2. The predicted molar refractivity (Wildman–Crippen MR) is 162 cm³/mol. The van der Waals surface area contributed by atoms with Crippen molar-refractivity contribution < 1.29 is 9.53 Å². The first kappa shape index (κ1) is 26.5. The van der Waals surface area contributed by atoms with Crippen LogP contribution in [0.5, 0.6) is 0 Å². The molecule has 3 heterocycles. The number of aromatic nitrogens is 1. The van der Waals surface area contributed by atoms with Gasteiger partial charge in [0.05, 0.1) is 13.2 Å². The largest absolute Gasteiger partial charge is 0.378 e. The molecular weight excluding hydrogens is 498 g/mol. The van der Waals surface area contributed by atoms with Gasteiger partial charge in [0.25, 0.3) is 5.91 Å². The van der Waals surface area contributed by atoms with Crippen molar-refractivity contribution in [2.45, 2.75) is 57.4 Å². The Labute approximate surface area is 237 Å². The molecule has 0 radical (unpaired) electrons. The number of carbonyl (C=O) groups is 1. The number of fused-ring (bicyclic) bond motifs is 1. The number of carbonyl (C=O) groups excluding carboxylic acids is 1. The number of rotatable bonds is 8. The van der Waals surface area contributed by atoms with Crippen molar-refractivity contribution in [2.75, 3.05) is 48.4 Å². The first-order valence-corrected chi connectivity index (χ1v) is 14.8. The lowest BCUT2D eigenvalue weighted by atomic mass is 9.92. The van der Waals surface area contributed by atoms with Crippen LogP contribution < -0.4 is 15.5 Å². The molecule has 7 nitrogen and oxygen atoms in total. The molecule has 0 bridgehead atoms. The number of aryl methyl sites for hydroxylation is 1. The highest BCUT2D eigenvalue weighted by molar-refractivity contribution is 6.06. The summed E-state index contributed by atoms with van der Waals surface area (Å²) < 4.78 is 5.44. The Balaban J connectivity index is 1.09. The van der Waals surface area contributed by atoms with Crippen LogP contribution in [0.3, 0.4) is 0 Å². The molecule has 2 N–H and O–H groups in total. The normalized spacial score (nSPS) is 17.6. The molecule has 3 aliphatic rings. The zero-order chi connectivity index (χ0) is 27.1. The highest BCUT2D eigenvalue weighted by Gasteiger charge is 2.22. The third-order valence-electron chi connectivity index (χ3n) is 8.30. The average molecular weight is 538 g/mol. The minimum Gasteiger partial charge on any atom is -0.378 e. The van der Waals surface area contributed by atoms with Crippen LogP contribution in [-0.4, -0.2) is 55.5 Å². The van der Waals surface area contributed by atoms with Crippen molar-refractivity contribution in [1.82, 2.24) is 4.98 Å².